The summed E-state index contributed by atoms with van der Waals surface area (Å²) in [7, 11) is 0. The van der Waals surface area contributed by atoms with Crippen LogP contribution in [-0.2, 0) is 4.79 Å². The van der Waals surface area contributed by atoms with Crippen molar-refractivity contribution in [3.63, 3.8) is 0 Å². The Bertz CT molecular complexity index is 442. The normalized spacial score (nSPS) is 19.7. The van der Waals surface area contributed by atoms with Crippen molar-refractivity contribution in [2.24, 2.45) is 11.7 Å². The van der Waals surface area contributed by atoms with Crippen molar-refractivity contribution >= 4 is 23.6 Å². The van der Waals surface area contributed by atoms with E-state index in [1.807, 2.05) is 35.2 Å². The summed E-state index contributed by atoms with van der Waals surface area (Å²) in [5, 5.41) is 0.698. The number of halogens is 1. The number of nitrogens with two attached hydrogens (primary N) is 1. The van der Waals surface area contributed by atoms with Crippen LogP contribution in [0, 0.1) is 5.92 Å². The average molecular weight is 265 g/mol. The summed E-state index contributed by atoms with van der Waals surface area (Å²) in [6.07, 6.45) is 4.44. The summed E-state index contributed by atoms with van der Waals surface area (Å²) in [6.45, 7) is 2.25. The molecule has 96 valence electrons. The average Bonchev–Trinajstić information content (AvgIpc) is 2.86. The topological polar surface area (TPSA) is 46.3 Å². The lowest BCUT2D eigenvalue weighted by Crippen LogP contribution is -2.28. The first kappa shape index (κ1) is 13.1. The second kappa shape index (κ2) is 6.03. The fourth-order valence-electron chi connectivity index (χ4n) is 2.07. The Morgan fingerprint density at radius 1 is 1.44 bits per heavy atom. The molecular weight excluding hydrogens is 248 g/mol. The molecule has 1 fully saturated rings. The SMILES string of the molecule is NC[C@H]1CCN(C(=O)/C=C\c2ccc(Cl)cc2)C1. The number of amides is 1. The summed E-state index contributed by atoms with van der Waals surface area (Å²) in [4.78, 5) is 13.8. The van der Waals surface area contributed by atoms with Crippen LogP contribution in [0.15, 0.2) is 30.3 Å². The maximum atomic E-state index is 11.9. The summed E-state index contributed by atoms with van der Waals surface area (Å²) in [6, 6.07) is 7.40. The fourth-order valence-corrected chi connectivity index (χ4v) is 2.20. The van der Waals surface area contributed by atoms with Gasteiger partial charge in [-0.25, -0.2) is 0 Å². The van der Waals surface area contributed by atoms with Crippen molar-refractivity contribution in [3.8, 4) is 0 Å². The van der Waals surface area contributed by atoms with Gasteiger partial charge in [0.05, 0.1) is 0 Å². The predicted octanol–water partition coefficient (Wildman–Crippen LogP) is 2.16. The lowest BCUT2D eigenvalue weighted by Gasteiger charge is -2.13. The van der Waals surface area contributed by atoms with Crippen molar-refractivity contribution in [1.29, 1.82) is 0 Å². The molecule has 3 nitrogen and oxygen atoms in total. The number of carbonyl (C=O) groups excluding carboxylic acids is 1. The quantitative estimate of drug-likeness (QED) is 0.851. The largest absolute Gasteiger partial charge is 0.339 e. The monoisotopic (exact) mass is 264 g/mol. The zero-order chi connectivity index (χ0) is 13.0. The fraction of sp³-hybridized carbons (Fsp3) is 0.357. The van der Waals surface area contributed by atoms with Crippen LogP contribution in [0.1, 0.15) is 12.0 Å². The number of carbonyl (C=O) groups is 1. The summed E-state index contributed by atoms with van der Waals surface area (Å²) in [5.41, 5.74) is 6.58. The molecule has 1 saturated heterocycles. The van der Waals surface area contributed by atoms with Gasteiger partial charge in [0.15, 0.2) is 0 Å². The third-order valence-corrected chi connectivity index (χ3v) is 3.47. The number of benzene rings is 1. The van der Waals surface area contributed by atoms with E-state index in [0.29, 0.717) is 17.5 Å². The minimum absolute atomic E-state index is 0.0564. The lowest BCUT2D eigenvalue weighted by atomic mass is 10.1. The van der Waals surface area contributed by atoms with Crippen LogP contribution in [0.25, 0.3) is 6.08 Å². The highest BCUT2D eigenvalue weighted by molar-refractivity contribution is 6.30. The number of likely N-dealkylation sites (tertiary alicyclic amines) is 1. The number of nitrogens with zero attached hydrogens (tertiary/aromatic N) is 1. The first-order valence-corrected chi connectivity index (χ1v) is 6.49. The molecule has 0 unspecified atom stereocenters. The molecule has 1 aliphatic rings. The van der Waals surface area contributed by atoms with Crippen LogP contribution < -0.4 is 5.73 Å². The number of hydrogen-bond acceptors (Lipinski definition) is 2. The second-order valence-electron chi connectivity index (χ2n) is 4.56. The Hall–Kier alpha value is -1.32. The van der Waals surface area contributed by atoms with Crippen LogP contribution in [0.3, 0.4) is 0 Å². The minimum atomic E-state index is 0.0564. The Morgan fingerprint density at radius 2 is 2.17 bits per heavy atom. The van der Waals surface area contributed by atoms with Gasteiger partial charge in [0.1, 0.15) is 0 Å². The zero-order valence-electron chi connectivity index (χ0n) is 10.2. The molecule has 0 aliphatic carbocycles. The maximum Gasteiger partial charge on any atom is 0.246 e. The third-order valence-electron chi connectivity index (χ3n) is 3.22. The van der Waals surface area contributed by atoms with Crippen LogP contribution in [0.5, 0.6) is 0 Å². The van der Waals surface area contributed by atoms with E-state index in [0.717, 1.165) is 25.1 Å². The Morgan fingerprint density at radius 3 is 2.78 bits per heavy atom. The van der Waals surface area contributed by atoms with E-state index in [9.17, 15) is 4.79 Å². The molecule has 0 bridgehead atoms. The van der Waals surface area contributed by atoms with Crippen LogP contribution in [0.2, 0.25) is 5.02 Å². The molecule has 2 rings (SSSR count). The van der Waals surface area contributed by atoms with E-state index in [-0.39, 0.29) is 5.91 Å². The van der Waals surface area contributed by atoms with E-state index in [2.05, 4.69) is 0 Å². The lowest BCUT2D eigenvalue weighted by molar-refractivity contribution is -0.125. The third kappa shape index (κ3) is 3.34. The molecule has 4 heteroatoms. The van der Waals surface area contributed by atoms with Gasteiger partial charge in [0, 0.05) is 24.2 Å². The summed E-state index contributed by atoms with van der Waals surface area (Å²) >= 11 is 5.80. The molecular formula is C14H17ClN2O. The van der Waals surface area contributed by atoms with E-state index in [4.69, 9.17) is 17.3 Å². The molecule has 18 heavy (non-hydrogen) atoms. The van der Waals surface area contributed by atoms with Crippen molar-refractivity contribution in [2.75, 3.05) is 19.6 Å². The second-order valence-corrected chi connectivity index (χ2v) is 5.00. The maximum absolute atomic E-state index is 11.9. The van der Waals surface area contributed by atoms with Crippen molar-refractivity contribution in [3.05, 3.63) is 40.9 Å². The molecule has 1 amide bonds. The smallest absolute Gasteiger partial charge is 0.246 e. The van der Waals surface area contributed by atoms with Crippen LogP contribution >= 0.6 is 11.6 Å². The van der Waals surface area contributed by atoms with Gasteiger partial charge in [-0.3, -0.25) is 4.79 Å². The predicted molar refractivity (Wildman–Crippen MR) is 74.2 cm³/mol. The molecule has 0 spiro atoms. The van der Waals surface area contributed by atoms with E-state index in [1.54, 1.807) is 6.08 Å². The number of rotatable bonds is 3. The van der Waals surface area contributed by atoms with Crippen molar-refractivity contribution in [1.82, 2.24) is 4.90 Å². The molecule has 0 saturated carbocycles. The Balaban J connectivity index is 1.93. The molecule has 0 radical (unpaired) electrons. The van der Waals surface area contributed by atoms with Crippen LogP contribution in [-0.4, -0.2) is 30.4 Å². The zero-order valence-corrected chi connectivity index (χ0v) is 10.9. The molecule has 1 aliphatic heterocycles. The molecule has 1 atom stereocenters. The van der Waals surface area contributed by atoms with E-state index in [1.165, 1.54) is 0 Å². The first-order chi connectivity index (χ1) is 8.69. The Labute approximate surface area is 112 Å². The van der Waals surface area contributed by atoms with Crippen molar-refractivity contribution in [2.45, 2.75) is 6.42 Å². The first-order valence-electron chi connectivity index (χ1n) is 6.11. The molecule has 2 N–H and O–H groups in total. The summed E-state index contributed by atoms with van der Waals surface area (Å²) in [5.74, 6) is 0.513. The molecule has 0 aromatic heterocycles. The van der Waals surface area contributed by atoms with Gasteiger partial charge in [-0.05, 0) is 42.7 Å². The van der Waals surface area contributed by atoms with E-state index < -0.39 is 0 Å². The Kier molecular flexibility index (Phi) is 4.39. The molecule has 1 aromatic rings. The molecule has 1 heterocycles. The molecule has 1 aromatic carbocycles. The minimum Gasteiger partial charge on any atom is -0.339 e. The van der Waals surface area contributed by atoms with Gasteiger partial charge in [-0.15, -0.1) is 0 Å². The standard InChI is InChI=1S/C14H17ClN2O/c15-13-4-1-11(2-5-13)3-6-14(18)17-8-7-12(9-16)10-17/h1-6,12H,7-10,16H2/b6-3-/t12-/m1/s1. The highest BCUT2D eigenvalue weighted by atomic mass is 35.5. The van der Waals surface area contributed by atoms with Gasteiger partial charge < -0.3 is 10.6 Å². The van der Waals surface area contributed by atoms with Gasteiger partial charge in [-0.1, -0.05) is 23.7 Å². The van der Waals surface area contributed by atoms with Gasteiger partial charge in [0.25, 0.3) is 0 Å². The van der Waals surface area contributed by atoms with Gasteiger partial charge >= 0.3 is 0 Å². The number of hydrogen-bond donors (Lipinski definition) is 1. The highest BCUT2D eigenvalue weighted by Gasteiger charge is 2.23. The van der Waals surface area contributed by atoms with Crippen molar-refractivity contribution < 1.29 is 4.79 Å². The van der Waals surface area contributed by atoms with Gasteiger partial charge in [-0.2, -0.15) is 0 Å². The highest BCUT2D eigenvalue weighted by Crippen LogP contribution is 2.16. The van der Waals surface area contributed by atoms with E-state index >= 15 is 0 Å². The van der Waals surface area contributed by atoms with Crippen LogP contribution in [0.4, 0.5) is 0 Å². The van der Waals surface area contributed by atoms with Gasteiger partial charge in [0.2, 0.25) is 5.91 Å². The summed E-state index contributed by atoms with van der Waals surface area (Å²) < 4.78 is 0.